The van der Waals surface area contributed by atoms with Crippen molar-refractivity contribution >= 4 is 17.7 Å². The van der Waals surface area contributed by atoms with Crippen LogP contribution in [-0.2, 0) is 9.59 Å². The van der Waals surface area contributed by atoms with Crippen LogP contribution >= 0.6 is 0 Å². The summed E-state index contributed by atoms with van der Waals surface area (Å²) in [6.07, 6.45) is -0.312. The molecular formula is C12H13NO4. The first-order valence-electron chi connectivity index (χ1n) is 5.04. The standard InChI is InChI=1S/C12H13NO4/c1-13(8-12(16)17)11(15)7-10(14)9-5-3-2-4-6-9/h2-6H,7-8H2,1H3,(H,16,17). The van der Waals surface area contributed by atoms with Crippen molar-refractivity contribution in [1.29, 1.82) is 0 Å². The number of carboxylic acid groups (broad SMARTS) is 1. The first-order chi connectivity index (χ1) is 8.00. The second-order valence-corrected chi connectivity index (χ2v) is 3.61. The summed E-state index contributed by atoms with van der Waals surface area (Å²) in [4.78, 5) is 34.6. The zero-order chi connectivity index (χ0) is 12.8. The van der Waals surface area contributed by atoms with Gasteiger partial charge in [-0.1, -0.05) is 30.3 Å². The predicted octanol–water partition coefficient (Wildman–Crippen LogP) is 0.802. The second kappa shape index (κ2) is 5.79. The minimum Gasteiger partial charge on any atom is -0.480 e. The number of Topliss-reactive ketones (excluding diaryl/α,β-unsaturated/α-hetero) is 1. The van der Waals surface area contributed by atoms with E-state index in [2.05, 4.69) is 0 Å². The molecule has 0 atom stereocenters. The Morgan fingerprint density at radius 1 is 1.18 bits per heavy atom. The fraction of sp³-hybridized carbons (Fsp3) is 0.250. The molecule has 5 heteroatoms. The molecule has 0 unspecified atom stereocenters. The quantitative estimate of drug-likeness (QED) is 0.605. The number of aliphatic carboxylic acids is 1. The van der Waals surface area contributed by atoms with Gasteiger partial charge in [0.2, 0.25) is 5.91 Å². The lowest BCUT2D eigenvalue weighted by molar-refractivity contribution is -0.143. The highest BCUT2D eigenvalue weighted by atomic mass is 16.4. The molecule has 0 fully saturated rings. The molecule has 90 valence electrons. The zero-order valence-corrected chi connectivity index (χ0v) is 9.42. The van der Waals surface area contributed by atoms with E-state index in [1.807, 2.05) is 0 Å². The maximum atomic E-state index is 11.7. The molecule has 0 bridgehead atoms. The molecule has 1 aromatic carbocycles. The van der Waals surface area contributed by atoms with E-state index in [4.69, 9.17) is 5.11 Å². The van der Waals surface area contributed by atoms with Crippen LogP contribution in [0, 0.1) is 0 Å². The lowest BCUT2D eigenvalue weighted by atomic mass is 10.1. The molecule has 0 aliphatic rings. The molecule has 1 amide bonds. The number of benzene rings is 1. The Kier molecular flexibility index (Phi) is 4.39. The van der Waals surface area contributed by atoms with Gasteiger partial charge in [-0.25, -0.2) is 0 Å². The number of likely N-dealkylation sites (N-methyl/N-ethyl adjacent to an activating group) is 1. The lowest BCUT2D eigenvalue weighted by Gasteiger charge is -2.13. The van der Waals surface area contributed by atoms with E-state index in [9.17, 15) is 14.4 Å². The van der Waals surface area contributed by atoms with Gasteiger partial charge in [0.1, 0.15) is 6.54 Å². The molecule has 0 aliphatic heterocycles. The lowest BCUT2D eigenvalue weighted by Crippen LogP contribution is -2.33. The van der Waals surface area contributed by atoms with Crippen LogP contribution in [0.5, 0.6) is 0 Å². The Hall–Kier alpha value is -2.17. The van der Waals surface area contributed by atoms with E-state index < -0.39 is 18.4 Å². The third kappa shape index (κ3) is 4.06. The molecule has 1 rings (SSSR count). The Labute approximate surface area is 98.7 Å². The third-order valence-corrected chi connectivity index (χ3v) is 2.21. The van der Waals surface area contributed by atoms with Crippen molar-refractivity contribution in [3.8, 4) is 0 Å². The number of hydrogen-bond acceptors (Lipinski definition) is 3. The number of carbonyl (C=O) groups is 3. The van der Waals surface area contributed by atoms with Crippen molar-refractivity contribution in [3.05, 3.63) is 35.9 Å². The van der Waals surface area contributed by atoms with Gasteiger partial charge in [-0.3, -0.25) is 14.4 Å². The summed E-state index contributed by atoms with van der Waals surface area (Å²) in [6.45, 7) is -0.402. The van der Waals surface area contributed by atoms with Gasteiger partial charge in [0.05, 0.1) is 6.42 Å². The average molecular weight is 235 g/mol. The first kappa shape index (κ1) is 12.9. The molecule has 0 aliphatic carbocycles. The Balaban J connectivity index is 2.58. The Morgan fingerprint density at radius 3 is 2.29 bits per heavy atom. The van der Waals surface area contributed by atoms with Crippen LogP contribution < -0.4 is 0 Å². The van der Waals surface area contributed by atoms with Crippen molar-refractivity contribution in [2.45, 2.75) is 6.42 Å². The zero-order valence-electron chi connectivity index (χ0n) is 9.42. The molecule has 17 heavy (non-hydrogen) atoms. The van der Waals surface area contributed by atoms with Gasteiger partial charge in [0, 0.05) is 12.6 Å². The van der Waals surface area contributed by atoms with Crippen LogP contribution in [0.25, 0.3) is 0 Å². The van der Waals surface area contributed by atoms with Gasteiger partial charge >= 0.3 is 5.97 Å². The van der Waals surface area contributed by atoms with Crippen LogP contribution in [0.1, 0.15) is 16.8 Å². The summed E-state index contributed by atoms with van der Waals surface area (Å²) >= 11 is 0. The minimum absolute atomic E-state index is 0.312. The van der Waals surface area contributed by atoms with Gasteiger partial charge in [-0.05, 0) is 0 Å². The van der Waals surface area contributed by atoms with E-state index in [0.29, 0.717) is 5.56 Å². The summed E-state index contributed by atoms with van der Waals surface area (Å²) in [5.74, 6) is -1.91. The smallest absolute Gasteiger partial charge is 0.323 e. The minimum atomic E-state index is -1.10. The Morgan fingerprint density at radius 2 is 1.76 bits per heavy atom. The number of carbonyl (C=O) groups excluding carboxylic acids is 2. The number of amides is 1. The van der Waals surface area contributed by atoms with E-state index >= 15 is 0 Å². The fourth-order valence-electron chi connectivity index (χ4n) is 1.29. The summed E-state index contributed by atoms with van der Waals surface area (Å²) < 4.78 is 0. The summed E-state index contributed by atoms with van der Waals surface area (Å²) in [7, 11) is 1.36. The fourth-order valence-corrected chi connectivity index (χ4v) is 1.29. The summed E-state index contributed by atoms with van der Waals surface area (Å²) in [6, 6.07) is 8.42. The Bertz CT molecular complexity index is 427. The summed E-state index contributed by atoms with van der Waals surface area (Å²) in [5, 5.41) is 8.51. The number of hydrogen-bond donors (Lipinski definition) is 1. The van der Waals surface area contributed by atoms with E-state index in [1.54, 1.807) is 30.3 Å². The maximum Gasteiger partial charge on any atom is 0.323 e. The topological polar surface area (TPSA) is 74.7 Å². The SMILES string of the molecule is CN(CC(=O)O)C(=O)CC(=O)c1ccccc1. The molecular weight excluding hydrogens is 222 g/mol. The van der Waals surface area contributed by atoms with Gasteiger partial charge in [-0.15, -0.1) is 0 Å². The van der Waals surface area contributed by atoms with Crippen molar-refractivity contribution in [2.24, 2.45) is 0 Å². The van der Waals surface area contributed by atoms with Gasteiger partial charge in [0.25, 0.3) is 0 Å². The maximum absolute atomic E-state index is 11.7. The van der Waals surface area contributed by atoms with Crippen molar-refractivity contribution in [1.82, 2.24) is 4.90 Å². The molecule has 0 saturated heterocycles. The number of nitrogens with zero attached hydrogens (tertiary/aromatic N) is 1. The normalized spacial score (nSPS) is 9.71. The highest BCUT2D eigenvalue weighted by molar-refractivity contribution is 6.07. The second-order valence-electron chi connectivity index (χ2n) is 3.61. The van der Waals surface area contributed by atoms with E-state index in [0.717, 1.165) is 4.90 Å². The van der Waals surface area contributed by atoms with Crippen LogP contribution in [0.4, 0.5) is 0 Å². The van der Waals surface area contributed by atoms with Gasteiger partial charge in [-0.2, -0.15) is 0 Å². The first-order valence-corrected chi connectivity index (χ1v) is 5.04. The van der Waals surface area contributed by atoms with Crippen LogP contribution in [0.15, 0.2) is 30.3 Å². The van der Waals surface area contributed by atoms with Crippen LogP contribution in [0.3, 0.4) is 0 Å². The largest absolute Gasteiger partial charge is 0.480 e. The van der Waals surface area contributed by atoms with E-state index in [-0.39, 0.29) is 12.2 Å². The van der Waals surface area contributed by atoms with Crippen molar-refractivity contribution in [2.75, 3.05) is 13.6 Å². The van der Waals surface area contributed by atoms with E-state index in [1.165, 1.54) is 7.05 Å². The average Bonchev–Trinajstić information content (AvgIpc) is 2.29. The van der Waals surface area contributed by atoms with Crippen molar-refractivity contribution in [3.63, 3.8) is 0 Å². The van der Waals surface area contributed by atoms with Gasteiger partial charge < -0.3 is 10.0 Å². The van der Waals surface area contributed by atoms with Crippen LogP contribution in [0.2, 0.25) is 0 Å². The molecule has 1 N–H and O–H groups in total. The monoisotopic (exact) mass is 235 g/mol. The molecule has 1 aromatic rings. The van der Waals surface area contributed by atoms with Gasteiger partial charge in [0.15, 0.2) is 5.78 Å². The van der Waals surface area contributed by atoms with Crippen molar-refractivity contribution < 1.29 is 19.5 Å². The molecule has 5 nitrogen and oxygen atoms in total. The predicted molar refractivity (Wildman–Crippen MR) is 60.7 cm³/mol. The number of rotatable bonds is 5. The highest BCUT2D eigenvalue weighted by Gasteiger charge is 2.16. The molecule has 0 aromatic heterocycles. The van der Waals surface area contributed by atoms with Crippen LogP contribution in [-0.4, -0.2) is 41.3 Å². The molecule has 0 saturated carbocycles. The third-order valence-electron chi connectivity index (χ3n) is 2.21. The summed E-state index contributed by atoms with van der Waals surface area (Å²) in [5.41, 5.74) is 0.449. The molecule has 0 spiro atoms. The highest BCUT2D eigenvalue weighted by Crippen LogP contribution is 2.04. The molecule has 0 heterocycles. The number of carboxylic acids is 1. The number of ketones is 1. The molecule has 0 radical (unpaired) electrons.